The first-order chi connectivity index (χ1) is 22.4. The van der Waals surface area contributed by atoms with Crippen LogP contribution in [0.1, 0.15) is 170 Å². The second-order valence-electron chi connectivity index (χ2n) is 19.5. The number of ether oxygens (including phenoxy) is 2. The molecule has 0 spiro atoms. The summed E-state index contributed by atoms with van der Waals surface area (Å²) in [6, 6.07) is 0. The number of amides is 2. The molecule has 0 aromatic carbocycles. The lowest BCUT2D eigenvalue weighted by molar-refractivity contribution is -0.146. The van der Waals surface area contributed by atoms with Crippen LogP contribution in [0.4, 0.5) is 9.59 Å². The van der Waals surface area contributed by atoms with Crippen LogP contribution < -0.4 is 10.6 Å². The van der Waals surface area contributed by atoms with Crippen molar-refractivity contribution in [2.45, 2.75) is 181 Å². The van der Waals surface area contributed by atoms with E-state index in [-0.39, 0.29) is 46.5 Å². The molecule has 0 saturated heterocycles. The largest absolute Gasteiger partial charge is 0.481 e. The molecule has 0 aliphatic carbocycles. The van der Waals surface area contributed by atoms with Gasteiger partial charge in [0.15, 0.2) is 0 Å². The number of carboxylic acids is 3. The Morgan fingerprint density at radius 2 is 0.922 bits per heavy atom. The standard InChI is InChI=1S/C15H29NO4.C11H23NO2.C7H14O2.C6H12O2/c1-14(2,3)11(12(17)18)9-7-8-10-16-13(19)20-15(4,5)6;1-10(2,3)7-8-12-9(13)14-11(4,5)6;1-7(2,3)5-4-6(8)9;1-6(2,3)4-5(7)8/h11H,7-10H2,1-6H3,(H,16,19)(H,17,18);7-8H2,1-6H3,(H,12,13);4-5H2,1-3H3,(H,8,9);4H2,1-3H3,(H,7,8). The van der Waals surface area contributed by atoms with Gasteiger partial charge in [-0.1, -0.05) is 89.5 Å². The molecule has 0 aliphatic heterocycles. The zero-order valence-electron chi connectivity index (χ0n) is 35.6. The molecular weight excluding hydrogens is 656 g/mol. The molecule has 0 fully saturated rings. The summed E-state index contributed by atoms with van der Waals surface area (Å²) in [6.07, 6.45) is 3.60. The van der Waals surface area contributed by atoms with E-state index in [1.54, 1.807) is 0 Å². The van der Waals surface area contributed by atoms with Crippen LogP contribution in [0.5, 0.6) is 0 Å². The number of alkyl carbamates (subject to hydrolysis) is 2. The van der Waals surface area contributed by atoms with E-state index in [0.29, 0.717) is 19.5 Å². The van der Waals surface area contributed by atoms with E-state index < -0.39 is 35.2 Å². The summed E-state index contributed by atoms with van der Waals surface area (Å²) in [7, 11) is 0. The van der Waals surface area contributed by atoms with Crippen molar-refractivity contribution in [3.8, 4) is 0 Å². The lowest BCUT2D eigenvalue weighted by Crippen LogP contribution is -2.34. The van der Waals surface area contributed by atoms with E-state index in [0.717, 1.165) is 25.7 Å². The third-order valence-electron chi connectivity index (χ3n) is 6.24. The molecule has 12 nitrogen and oxygen atoms in total. The molecule has 51 heavy (non-hydrogen) atoms. The first-order valence-corrected chi connectivity index (χ1v) is 18.0. The normalized spacial score (nSPS) is 12.6. The highest BCUT2D eigenvalue weighted by molar-refractivity contribution is 5.71. The van der Waals surface area contributed by atoms with Gasteiger partial charge in [-0.2, -0.15) is 0 Å². The highest BCUT2D eigenvalue weighted by Crippen LogP contribution is 2.30. The second-order valence-corrected chi connectivity index (χ2v) is 19.5. The summed E-state index contributed by atoms with van der Waals surface area (Å²) < 4.78 is 10.2. The maximum atomic E-state index is 11.4. The van der Waals surface area contributed by atoms with Crippen LogP contribution in [0.3, 0.4) is 0 Å². The Morgan fingerprint density at radius 3 is 1.16 bits per heavy atom. The maximum absolute atomic E-state index is 11.4. The number of aliphatic carboxylic acids is 3. The van der Waals surface area contributed by atoms with Crippen LogP contribution >= 0.6 is 0 Å². The van der Waals surface area contributed by atoms with Gasteiger partial charge in [-0.05, 0) is 88.9 Å². The number of carboxylic acid groups (broad SMARTS) is 3. The molecule has 0 heterocycles. The topological polar surface area (TPSA) is 189 Å². The van der Waals surface area contributed by atoms with Gasteiger partial charge in [-0.3, -0.25) is 14.4 Å². The SMILES string of the molecule is CC(C)(C)CC(=O)O.CC(C)(C)CCC(=O)O.CC(C)(C)CCNC(=O)OC(C)(C)C.CC(C)(C)OC(=O)NCCCCC(C(=O)O)C(C)(C)C. The monoisotopic (exact) mass is 735 g/mol. The van der Waals surface area contributed by atoms with Gasteiger partial charge in [-0.15, -0.1) is 0 Å². The van der Waals surface area contributed by atoms with Crippen molar-refractivity contribution < 1.29 is 48.8 Å². The maximum Gasteiger partial charge on any atom is 0.407 e. The van der Waals surface area contributed by atoms with E-state index in [4.69, 9.17) is 19.7 Å². The van der Waals surface area contributed by atoms with E-state index in [9.17, 15) is 29.1 Å². The highest BCUT2D eigenvalue weighted by Gasteiger charge is 2.30. The van der Waals surface area contributed by atoms with Gasteiger partial charge in [0.05, 0.1) is 12.3 Å². The zero-order chi connectivity index (χ0) is 41.7. The number of hydrogen-bond acceptors (Lipinski definition) is 7. The minimum absolute atomic E-state index is 0.0775. The molecule has 0 aromatic rings. The minimum atomic E-state index is -0.752. The van der Waals surface area contributed by atoms with Gasteiger partial charge < -0.3 is 35.4 Å². The summed E-state index contributed by atoms with van der Waals surface area (Å²) in [5.41, 5.74) is -0.833. The molecule has 0 saturated carbocycles. The van der Waals surface area contributed by atoms with E-state index >= 15 is 0 Å². The van der Waals surface area contributed by atoms with Crippen LogP contribution in [0.15, 0.2) is 0 Å². The number of unbranched alkanes of at least 4 members (excludes halogenated alkanes) is 1. The quantitative estimate of drug-likeness (QED) is 0.128. The van der Waals surface area contributed by atoms with E-state index in [2.05, 4.69) is 31.4 Å². The Bertz CT molecular complexity index is 1010. The lowest BCUT2D eigenvalue weighted by atomic mass is 9.78. The van der Waals surface area contributed by atoms with Gasteiger partial charge in [0.1, 0.15) is 11.2 Å². The third kappa shape index (κ3) is 51.4. The third-order valence-corrected chi connectivity index (χ3v) is 6.24. The van der Waals surface area contributed by atoms with Crippen LogP contribution in [0.25, 0.3) is 0 Å². The van der Waals surface area contributed by atoms with Gasteiger partial charge in [0.25, 0.3) is 0 Å². The summed E-state index contributed by atoms with van der Waals surface area (Å²) in [4.78, 5) is 53.9. The van der Waals surface area contributed by atoms with Crippen LogP contribution in [-0.2, 0) is 23.9 Å². The van der Waals surface area contributed by atoms with E-state index in [1.165, 1.54) is 0 Å². The van der Waals surface area contributed by atoms with Gasteiger partial charge in [0.2, 0.25) is 0 Å². The van der Waals surface area contributed by atoms with E-state index in [1.807, 2.05) is 104 Å². The first kappa shape index (κ1) is 54.7. The molecule has 0 bridgehead atoms. The Labute approximate surface area is 310 Å². The summed E-state index contributed by atoms with van der Waals surface area (Å²) in [5.74, 6) is -2.54. The summed E-state index contributed by atoms with van der Waals surface area (Å²) in [5, 5.41) is 31.1. The molecule has 1 unspecified atom stereocenters. The molecule has 304 valence electrons. The molecule has 1 atom stereocenters. The zero-order valence-corrected chi connectivity index (χ0v) is 35.6. The number of hydrogen-bond donors (Lipinski definition) is 5. The smallest absolute Gasteiger partial charge is 0.407 e. The fourth-order valence-corrected chi connectivity index (χ4v) is 3.69. The predicted octanol–water partition coefficient (Wildman–Crippen LogP) is 9.78. The minimum Gasteiger partial charge on any atom is -0.481 e. The predicted molar refractivity (Wildman–Crippen MR) is 205 cm³/mol. The molecular formula is C39H78N2O10. The Morgan fingerprint density at radius 1 is 0.529 bits per heavy atom. The van der Waals surface area contributed by atoms with Gasteiger partial charge >= 0.3 is 30.1 Å². The highest BCUT2D eigenvalue weighted by atomic mass is 16.6. The van der Waals surface area contributed by atoms with Crippen molar-refractivity contribution in [2.75, 3.05) is 13.1 Å². The fourth-order valence-electron chi connectivity index (χ4n) is 3.69. The van der Waals surface area contributed by atoms with Crippen molar-refractivity contribution in [1.29, 1.82) is 0 Å². The summed E-state index contributed by atoms with van der Waals surface area (Å²) >= 11 is 0. The Hall–Kier alpha value is -3.05. The Balaban J connectivity index is -0.000000310. The van der Waals surface area contributed by atoms with Crippen LogP contribution in [-0.4, -0.2) is 69.7 Å². The number of carbonyl (C=O) groups excluding carboxylic acids is 2. The van der Waals surface area contributed by atoms with Crippen molar-refractivity contribution in [1.82, 2.24) is 10.6 Å². The van der Waals surface area contributed by atoms with Crippen molar-refractivity contribution in [3.05, 3.63) is 0 Å². The van der Waals surface area contributed by atoms with Crippen LogP contribution in [0, 0.1) is 27.6 Å². The lowest BCUT2D eigenvalue weighted by Gasteiger charge is -2.27. The fraction of sp³-hybridized carbons (Fsp3) is 0.872. The Kier molecular flexibility index (Phi) is 26.0. The van der Waals surface area contributed by atoms with Crippen molar-refractivity contribution in [2.24, 2.45) is 27.6 Å². The van der Waals surface area contributed by atoms with Crippen LogP contribution in [0.2, 0.25) is 0 Å². The van der Waals surface area contributed by atoms with Crippen molar-refractivity contribution in [3.63, 3.8) is 0 Å². The first-order valence-electron chi connectivity index (χ1n) is 18.0. The molecule has 12 heteroatoms. The molecule has 5 N–H and O–H groups in total. The number of carbonyl (C=O) groups is 5. The van der Waals surface area contributed by atoms with Gasteiger partial charge in [-0.25, -0.2) is 9.59 Å². The molecule has 0 rings (SSSR count). The second kappa shape index (κ2) is 24.2. The molecule has 0 aromatic heterocycles. The number of nitrogens with one attached hydrogen (secondary N) is 2. The van der Waals surface area contributed by atoms with Crippen molar-refractivity contribution >= 4 is 30.1 Å². The average Bonchev–Trinajstić information content (AvgIpc) is 2.80. The summed E-state index contributed by atoms with van der Waals surface area (Å²) in [6.45, 7) is 36.2. The van der Waals surface area contributed by atoms with Gasteiger partial charge in [0, 0.05) is 19.5 Å². The molecule has 2 amide bonds. The average molecular weight is 735 g/mol. The molecule has 0 radical (unpaired) electrons. The number of rotatable bonds is 11. The molecule has 0 aliphatic rings.